The molecular formula is C12H16FN5O2S. The van der Waals surface area contributed by atoms with Crippen molar-refractivity contribution < 1.29 is 12.8 Å². The molecular weight excluding hydrogens is 297 g/mol. The lowest BCUT2D eigenvalue weighted by atomic mass is 10.2. The molecule has 0 spiro atoms. The number of nitrogens with one attached hydrogen (secondary N) is 1. The van der Waals surface area contributed by atoms with Crippen LogP contribution in [0.2, 0.25) is 0 Å². The fraction of sp³-hybridized carbons (Fsp3) is 0.333. The van der Waals surface area contributed by atoms with Crippen LogP contribution in [0.3, 0.4) is 0 Å². The number of hydrogen-bond acceptors (Lipinski definition) is 5. The van der Waals surface area contributed by atoms with E-state index in [-0.39, 0.29) is 23.5 Å². The van der Waals surface area contributed by atoms with E-state index in [9.17, 15) is 12.8 Å². The Hall–Kier alpha value is -1.84. The molecule has 0 aliphatic heterocycles. The average molecular weight is 313 g/mol. The summed E-state index contributed by atoms with van der Waals surface area (Å²) in [5, 5.41) is 7.43. The molecule has 3 N–H and O–H groups in total. The molecule has 0 aliphatic carbocycles. The van der Waals surface area contributed by atoms with Crippen molar-refractivity contribution >= 4 is 10.0 Å². The maximum Gasteiger partial charge on any atom is 0.240 e. The molecule has 0 unspecified atom stereocenters. The normalized spacial score (nSPS) is 11.7. The third-order valence-corrected chi connectivity index (χ3v) is 4.33. The minimum Gasteiger partial charge on any atom is -0.326 e. The Bertz CT molecular complexity index is 688. The first kappa shape index (κ1) is 15.5. The molecule has 1 aromatic heterocycles. The minimum atomic E-state index is -3.67. The van der Waals surface area contributed by atoms with Gasteiger partial charge in [0.2, 0.25) is 10.0 Å². The van der Waals surface area contributed by atoms with Crippen LogP contribution in [-0.2, 0) is 23.1 Å². The molecule has 0 aliphatic rings. The molecule has 0 amide bonds. The van der Waals surface area contributed by atoms with Crippen molar-refractivity contribution in [3.63, 3.8) is 0 Å². The highest BCUT2D eigenvalue weighted by atomic mass is 32.2. The highest BCUT2D eigenvalue weighted by molar-refractivity contribution is 7.89. The Labute approximate surface area is 122 Å². The zero-order valence-corrected chi connectivity index (χ0v) is 12.1. The van der Waals surface area contributed by atoms with Gasteiger partial charge in [-0.25, -0.2) is 17.5 Å². The summed E-state index contributed by atoms with van der Waals surface area (Å²) in [6.07, 6.45) is 3.81. The molecule has 0 radical (unpaired) electrons. The van der Waals surface area contributed by atoms with E-state index in [2.05, 4.69) is 15.0 Å². The number of nitrogens with two attached hydrogens (primary N) is 1. The zero-order valence-electron chi connectivity index (χ0n) is 11.2. The summed E-state index contributed by atoms with van der Waals surface area (Å²) in [5.74, 6) is -0.511. The van der Waals surface area contributed by atoms with Crippen LogP contribution in [0.4, 0.5) is 4.39 Å². The Kier molecular flexibility index (Phi) is 4.99. The van der Waals surface area contributed by atoms with Crippen LogP contribution in [0.5, 0.6) is 0 Å². The summed E-state index contributed by atoms with van der Waals surface area (Å²) >= 11 is 0. The predicted molar refractivity (Wildman–Crippen MR) is 74.1 cm³/mol. The molecule has 0 saturated carbocycles. The second-order valence-electron chi connectivity index (χ2n) is 4.37. The van der Waals surface area contributed by atoms with Crippen molar-refractivity contribution in [2.45, 2.75) is 24.4 Å². The summed E-state index contributed by atoms with van der Waals surface area (Å²) in [7, 11) is -3.67. The van der Waals surface area contributed by atoms with Gasteiger partial charge in [0.05, 0.1) is 11.1 Å². The van der Waals surface area contributed by atoms with Gasteiger partial charge in [-0.3, -0.25) is 4.68 Å². The molecule has 0 saturated heterocycles. The zero-order chi connectivity index (χ0) is 15.3. The standard InChI is InChI=1S/C12H16FN5O2S/c13-12-3-2-11(8-10(12)9-14)21(19,20)16-4-1-6-18-7-5-15-17-18/h2-3,5,7-8,16H,1,4,6,9,14H2. The van der Waals surface area contributed by atoms with Gasteiger partial charge in [0.25, 0.3) is 0 Å². The second-order valence-corrected chi connectivity index (χ2v) is 6.14. The average Bonchev–Trinajstić information content (AvgIpc) is 2.97. The minimum absolute atomic E-state index is 0.00473. The largest absolute Gasteiger partial charge is 0.326 e. The SMILES string of the molecule is NCc1cc(S(=O)(=O)NCCCn2ccnn2)ccc1F. The van der Waals surface area contributed by atoms with Gasteiger partial charge >= 0.3 is 0 Å². The van der Waals surface area contributed by atoms with E-state index < -0.39 is 15.8 Å². The van der Waals surface area contributed by atoms with E-state index in [0.717, 1.165) is 6.07 Å². The van der Waals surface area contributed by atoms with E-state index in [1.807, 2.05) is 0 Å². The summed E-state index contributed by atoms with van der Waals surface area (Å²) in [6, 6.07) is 3.56. The van der Waals surface area contributed by atoms with Crippen LogP contribution < -0.4 is 10.5 Å². The first-order chi connectivity index (χ1) is 10.0. The van der Waals surface area contributed by atoms with Crippen LogP contribution in [-0.4, -0.2) is 30.0 Å². The van der Waals surface area contributed by atoms with E-state index in [1.165, 1.54) is 12.1 Å². The summed E-state index contributed by atoms with van der Waals surface area (Å²) in [4.78, 5) is 0.00473. The Morgan fingerprint density at radius 3 is 2.86 bits per heavy atom. The van der Waals surface area contributed by atoms with Crippen molar-refractivity contribution in [2.75, 3.05) is 6.54 Å². The monoisotopic (exact) mass is 313 g/mol. The molecule has 0 bridgehead atoms. The lowest BCUT2D eigenvalue weighted by Gasteiger charge is -2.08. The molecule has 114 valence electrons. The maximum absolute atomic E-state index is 13.3. The van der Waals surface area contributed by atoms with Gasteiger partial charge in [-0.15, -0.1) is 5.10 Å². The van der Waals surface area contributed by atoms with E-state index in [0.29, 0.717) is 13.0 Å². The number of rotatable bonds is 7. The van der Waals surface area contributed by atoms with Crippen molar-refractivity contribution in [2.24, 2.45) is 5.73 Å². The van der Waals surface area contributed by atoms with Crippen LogP contribution in [0.25, 0.3) is 0 Å². The number of sulfonamides is 1. The van der Waals surface area contributed by atoms with Gasteiger partial charge in [0.1, 0.15) is 5.82 Å². The molecule has 7 nitrogen and oxygen atoms in total. The number of hydrogen-bond donors (Lipinski definition) is 2. The fourth-order valence-corrected chi connectivity index (χ4v) is 2.88. The molecule has 2 aromatic rings. The summed E-state index contributed by atoms with van der Waals surface area (Å²) < 4.78 is 41.5. The van der Waals surface area contributed by atoms with Crippen LogP contribution in [0, 0.1) is 5.82 Å². The van der Waals surface area contributed by atoms with Crippen molar-refractivity contribution in [1.82, 2.24) is 19.7 Å². The van der Waals surface area contributed by atoms with Crippen LogP contribution >= 0.6 is 0 Å². The third-order valence-electron chi connectivity index (χ3n) is 2.88. The molecule has 1 heterocycles. The Morgan fingerprint density at radius 1 is 1.38 bits per heavy atom. The van der Waals surface area contributed by atoms with Crippen LogP contribution in [0.1, 0.15) is 12.0 Å². The maximum atomic E-state index is 13.3. The number of benzene rings is 1. The molecule has 9 heteroatoms. The van der Waals surface area contributed by atoms with Crippen LogP contribution in [0.15, 0.2) is 35.5 Å². The summed E-state index contributed by atoms with van der Waals surface area (Å²) in [5.41, 5.74) is 5.53. The van der Waals surface area contributed by atoms with E-state index in [1.54, 1.807) is 17.1 Å². The first-order valence-corrected chi connectivity index (χ1v) is 7.83. The third kappa shape index (κ3) is 4.06. The number of halogens is 1. The second kappa shape index (κ2) is 6.74. The quantitative estimate of drug-likeness (QED) is 0.713. The fourth-order valence-electron chi connectivity index (χ4n) is 1.76. The van der Waals surface area contributed by atoms with Gasteiger partial charge in [-0.1, -0.05) is 5.21 Å². The van der Waals surface area contributed by atoms with Gasteiger partial charge in [0.15, 0.2) is 0 Å². The van der Waals surface area contributed by atoms with Crippen molar-refractivity contribution in [1.29, 1.82) is 0 Å². The molecule has 0 fully saturated rings. The highest BCUT2D eigenvalue weighted by Gasteiger charge is 2.15. The highest BCUT2D eigenvalue weighted by Crippen LogP contribution is 2.14. The molecule has 21 heavy (non-hydrogen) atoms. The number of nitrogens with zero attached hydrogens (tertiary/aromatic N) is 3. The molecule has 1 aromatic carbocycles. The number of aromatic nitrogens is 3. The Morgan fingerprint density at radius 2 is 2.19 bits per heavy atom. The molecule has 2 rings (SSSR count). The van der Waals surface area contributed by atoms with Gasteiger partial charge in [-0.2, -0.15) is 0 Å². The Balaban J connectivity index is 1.95. The predicted octanol–water partition coefficient (Wildman–Crippen LogP) is 0.245. The van der Waals surface area contributed by atoms with Gasteiger partial charge in [0, 0.05) is 31.4 Å². The van der Waals surface area contributed by atoms with E-state index >= 15 is 0 Å². The lowest BCUT2D eigenvalue weighted by molar-refractivity contribution is 0.542. The van der Waals surface area contributed by atoms with E-state index in [4.69, 9.17) is 5.73 Å². The lowest BCUT2D eigenvalue weighted by Crippen LogP contribution is -2.26. The first-order valence-electron chi connectivity index (χ1n) is 6.35. The van der Waals surface area contributed by atoms with Crippen molar-refractivity contribution in [3.05, 3.63) is 42.0 Å². The smallest absolute Gasteiger partial charge is 0.240 e. The van der Waals surface area contributed by atoms with Gasteiger partial charge < -0.3 is 5.73 Å². The molecule has 0 atom stereocenters. The summed E-state index contributed by atoms with van der Waals surface area (Å²) in [6.45, 7) is 0.749. The number of aryl methyl sites for hydroxylation is 1. The van der Waals surface area contributed by atoms with Crippen molar-refractivity contribution in [3.8, 4) is 0 Å². The van der Waals surface area contributed by atoms with Gasteiger partial charge in [-0.05, 0) is 24.6 Å². The topological polar surface area (TPSA) is 103 Å².